The molecule has 3 aliphatic rings. The minimum Gasteiger partial charge on any atom is -0.459 e. The van der Waals surface area contributed by atoms with E-state index in [0.717, 1.165) is 24.8 Å². The maximum atomic E-state index is 11.7. The van der Waals surface area contributed by atoms with E-state index in [2.05, 4.69) is 6.58 Å². The molecule has 1 saturated heterocycles. The van der Waals surface area contributed by atoms with Gasteiger partial charge in [0.15, 0.2) is 0 Å². The average Bonchev–Trinajstić information content (AvgIpc) is 2.76. The number of carbonyl (C=O) groups is 1. The van der Waals surface area contributed by atoms with Crippen LogP contribution in [0.4, 0.5) is 0 Å². The maximum absolute atomic E-state index is 11.7. The molecule has 1 aliphatic heterocycles. The molecule has 1 heterocycles. The van der Waals surface area contributed by atoms with E-state index in [1.165, 1.54) is 0 Å². The highest BCUT2D eigenvalue weighted by Crippen LogP contribution is 2.53. The summed E-state index contributed by atoms with van der Waals surface area (Å²) in [6.07, 6.45) is 1.05. The number of aliphatic hydroxyl groups excluding tert-OH is 1. The van der Waals surface area contributed by atoms with Gasteiger partial charge in [-0.05, 0) is 43.6 Å². The lowest BCUT2D eigenvalue weighted by Gasteiger charge is -2.30. The second-order valence-electron chi connectivity index (χ2n) is 6.72. The predicted octanol–water partition coefficient (Wildman–Crippen LogP) is 1.26. The lowest BCUT2D eigenvalue weighted by molar-refractivity contribution is -0.146. The van der Waals surface area contributed by atoms with Crippen LogP contribution in [0.25, 0.3) is 0 Å². The first-order valence-corrected chi connectivity index (χ1v) is 7.12. The molecular formula is C15H22O4. The van der Waals surface area contributed by atoms with Gasteiger partial charge in [-0.2, -0.15) is 0 Å². The van der Waals surface area contributed by atoms with Crippen molar-refractivity contribution in [3.8, 4) is 0 Å². The Bertz CT molecular complexity index is 428. The molecule has 0 amide bonds. The number of ether oxygens (including phenoxy) is 1. The summed E-state index contributed by atoms with van der Waals surface area (Å²) in [5, 5.41) is 21.0. The van der Waals surface area contributed by atoms with Crippen LogP contribution in [-0.4, -0.2) is 34.0 Å². The Morgan fingerprint density at radius 3 is 2.84 bits per heavy atom. The highest BCUT2D eigenvalue weighted by Gasteiger charge is 2.56. The van der Waals surface area contributed by atoms with Gasteiger partial charge in [-0.3, -0.25) is 4.79 Å². The van der Waals surface area contributed by atoms with Crippen molar-refractivity contribution in [3.63, 3.8) is 0 Å². The van der Waals surface area contributed by atoms with Crippen molar-refractivity contribution >= 4 is 5.97 Å². The number of aliphatic hydroxyl groups is 2. The van der Waals surface area contributed by atoms with Crippen molar-refractivity contribution in [3.05, 3.63) is 12.2 Å². The summed E-state index contributed by atoms with van der Waals surface area (Å²) in [5.41, 5.74) is 0.00490. The highest BCUT2D eigenvalue weighted by atomic mass is 16.6. The fourth-order valence-corrected chi connectivity index (χ4v) is 4.28. The zero-order chi connectivity index (χ0) is 13.9. The summed E-state index contributed by atoms with van der Waals surface area (Å²) >= 11 is 0. The third kappa shape index (κ3) is 1.77. The molecule has 2 saturated carbocycles. The summed E-state index contributed by atoms with van der Waals surface area (Å²) in [5.74, 6) is -0.248. The van der Waals surface area contributed by atoms with Gasteiger partial charge >= 0.3 is 5.97 Å². The first-order valence-electron chi connectivity index (χ1n) is 7.12. The van der Waals surface area contributed by atoms with Gasteiger partial charge in [-0.1, -0.05) is 13.5 Å². The predicted molar refractivity (Wildman–Crippen MR) is 69.1 cm³/mol. The fourth-order valence-electron chi connectivity index (χ4n) is 4.28. The first-order chi connectivity index (χ1) is 8.83. The molecule has 106 valence electrons. The van der Waals surface area contributed by atoms with Crippen molar-refractivity contribution in [2.24, 2.45) is 23.7 Å². The van der Waals surface area contributed by atoms with Gasteiger partial charge in [-0.15, -0.1) is 0 Å². The number of hydrogen-bond acceptors (Lipinski definition) is 4. The van der Waals surface area contributed by atoms with Gasteiger partial charge < -0.3 is 14.9 Å². The summed E-state index contributed by atoms with van der Waals surface area (Å²) in [7, 11) is 0. The summed E-state index contributed by atoms with van der Waals surface area (Å²) < 4.78 is 5.34. The van der Waals surface area contributed by atoms with Crippen LogP contribution in [-0.2, 0) is 9.53 Å². The van der Waals surface area contributed by atoms with Gasteiger partial charge in [0, 0.05) is 5.92 Å². The normalized spacial score (nSPS) is 53.5. The Kier molecular flexibility index (Phi) is 2.81. The smallest absolute Gasteiger partial charge is 0.309 e. The molecule has 2 aliphatic carbocycles. The van der Waals surface area contributed by atoms with E-state index < -0.39 is 17.8 Å². The van der Waals surface area contributed by atoms with Crippen LogP contribution in [0.5, 0.6) is 0 Å². The van der Waals surface area contributed by atoms with Crippen LogP contribution in [0.3, 0.4) is 0 Å². The van der Waals surface area contributed by atoms with Gasteiger partial charge in [0.05, 0.1) is 11.5 Å². The summed E-state index contributed by atoms with van der Waals surface area (Å²) in [6, 6.07) is 0. The van der Waals surface area contributed by atoms with Crippen molar-refractivity contribution in [1.82, 2.24) is 0 Å². The zero-order valence-electron chi connectivity index (χ0n) is 11.5. The van der Waals surface area contributed by atoms with E-state index in [1.807, 2.05) is 13.8 Å². The summed E-state index contributed by atoms with van der Waals surface area (Å²) in [6.45, 7) is 7.74. The Labute approximate surface area is 113 Å². The largest absolute Gasteiger partial charge is 0.459 e. The molecule has 0 unspecified atom stereocenters. The quantitative estimate of drug-likeness (QED) is 0.512. The molecule has 0 spiro atoms. The Hall–Kier alpha value is -0.870. The van der Waals surface area contributed by atoms with Crippen molar-refractivity contribution in [2.75, 3.05) is 0 Å². The second-order valence-corrected chi connectivity index (χ2v) is 6.72. The molecule has 3 fully saturated rings. The second kappa shape index (κ2) is 4.06. The van der Waals surface area contributed by atoms with Crippen LogP contribution >= 0.6 is 0 Å². The molecule has 19 heavy (non-hydrogen) atoms. The molecule has 0 bridgehead atoms. The molecule has 0 radical (unpaired) electrons. The summed E-state index contributed by atoms with van der Waals surface area (Å²) in [4.78, 5) is 11.7. The topological polar surface area (TPSA) is 66.8 Å². The molecule has 4 heteroatoms. The fraction of sp³-hybridized carbons (Fsp3) is 0.800. The molecule has 3 rings (SSSR count). The van der Waals surface area contributed by atoms with Crippen LogP contribution < -0.4 is 0 Å². The third-order valence-corrected chi connectivity index (χ3v) is 5.63. The SMILES string of the molecule is C=C1[C@H]2CC[C@@](C)(O)[C@@H]2C[C@H]2[C@@H](OC(=O)[C@@H]2C)[C@H]1O. The van der Waals surface area contributed by atoms with Crippen molar-refractivity contribution in [1.29, 1.82) is 0 Å². The Morgan fingerprint density at radius 2 is 2.16 bits per heavy atom. The number of hydrogen-bond donors (Lipinski definition) is 2. The number of fused-ring (bicyclic) bond motifs is 2. The van der Waals surface area contributed by atoms with Crippen LogP contribution in [0.2, 0.25) is 0 Å². The molecule has 0 aromatic carbocycles. The molecular weight excluding hydrogens is 244 g/mol. The van der Waals surface area contributed by atoms with Crippen molar-refractivity contribution < 1.29 is 19.7 Å². The van der Waals surface area contributed by atoms with E-state index in [4.69, 9.17) is 4.74 Å². The lowest BCUT2D eigenvalue weighted by Crippen LogP contribution is -2.34. The minimum atomic E-state index is -0.789. The molecule has 7 atom stereocenters. The monoisotopic (exact) mass is 266 g/mol. The van der Waals surface area contributed by atoms with Crippen LogP contribution in [0.1, 0.15) is 33.1 Å². The zero-order valence-corrected chi connectivity index (χ0v) is 11.5. The minimum absolute atomic E-state index is 0.0150. The Morgan fingerprint density at radius 1 is 1.47 bits per heavy atom. The number of esters is 1. The van der Waals surface area contributed by atoms with Crippen molar-refractivity contribution in [2.45, 2.75) is 50.9 Å². The molecule has 4 nitrogen and oxygen atoms in total. The Balaban J connectivity index is 1.98. The number of carbonyl (C=O) groups excluding carboxylic acids is 1. The standard InChI is InChI=1S/C15H22O4/c1-7-9-4-5-15(3,18)11(9)6-10-8(2)14(17)19-13(10)12(7)16/h8-13,16,18H,1,4-6H2,2-3H3/t8-,9-,10-,11-,12+,13-,15-/m1/s1. The average molecular weight is 266 g/mol. The first kappa shape index (κ1) is 13.1. The maximum Gasteiger partial charge on any atom is 0.309 e. The van der Waals surface area contributed by atoms with Gasteiger partial charge in [0.2, 0.25) is 0 Å². The van der Waals surface area contributed by atoms with E-state index in [9.17, 15) is 15.0 Å². The molecule has 2 N–H and O–H groups in total. The van der Waals surface area contributed by atoms with Crippen LogP contribution in [0, 0.1) is 23.7 Å². The van der Waals surface area contributed by atoms with E-state index in [0.29, 0.717) is 0 Å². The van der Waals surface area contributed by atoms with Crippen LogP contribution in [0.15, 0.2) is 12.2 Å². The highest BCUT2D eigenvalue weighted by molar-refractivity contribution is 5.75. The van der Waals surface area contributed by atoms with Gasteiger partial charge in [0.1, 0.15) is 12.2 Å². The van der Waals surface area contributed by atoms with Gasteiger partial charge in [0.25, 0.3) is 0 Å². The van der Waals surface area contributed by atoms with E-state index in [1.54, 1.807) is 0 Å². The van der Waals surface area contributed by atoms with Gasteiger partial charge in [-0.25, -0.2) is 0 Å². The lowest BCUT2D eigenvalue weighted by atomic mass is 9.77. The van der Waals surface area contributed by atoms with E-state index >= 15 is 0 Å². The molecule has 0 aromatic rings. The van der Waals surface area contributed by atoms with E-state index in [-0.39, 0.29) is 29.6 Å². The molecule has 0 aromatic heterocycles. The number of rotatable bonds is 0. The third-order valence-electron chi connectivity index (χ3n) is 5.63.